The predicted octanol–water partition coefficient (Wildman–Crippen LogP) is 1.11. The van der Waals surface area contributed by atoms with Crippen LogP contribution in [0.25, 0.3) is 0 Å². The standard InChI is InChI=1S/C12H22N2O2/c1-4-9-12(15)14(8(2)13-9)10-6-5-7-11(10)16-3/h8-11,13H,4-7H2,1-3H3. The Morgan fingerprint density at radius 2 is 2.25 bits per heavy atom. The zero-order valence-electron chi connectivity index (χ0n) is 10.4. The topological polar surface area (TPSA) is 41.6 Å². The summed E-state index contributed by atoms with van der Waals surface area (Å²) in [6, 6.07) is 0.282. The molecule has 1 heterocycles. The van der Waals surface area contributed by atoms with E-state index in [1.807, 2.05) is 11.8 Å². The van der Waals surface area contributed by atoms with Gasteiger partial charge in [0.25, 0.3) is 0 Å². The maximum absolute atomic E-state index is 12.2. The van der Waals surface area contributed by atoms with E-state index in [-0.39, 0.29) is 30.3 Å². The Morgan fingerprint density at radius 1 is 1.50 bits per heavy atom. The number of carbonyl (C=O) groups is 1. The summed E-state index contributed by atoms with van der Waals surface area (Å²) in [7, 11) is 1.75. The molecule has 1 saturated carbocycles. The van der Waals surface area contributed by atoms with Crippen molar-refractivity contribution in [2.45, 2.75) is 63.9 Å². The number of methoxy groups -OCH3 is 1. The van der Waals surface area contributed by atoms with Gasteiger partial charge < -0.3 is 9.64 Å². The highest BCUT2D eigenvalue weighted by atomic mass is 16.5. The van der Waals surface area contributed by atoms with E-state index in [0.29, 0.717) is 0 Å². The van der Waals surface area contributed by atoms with Crippen molar-refractivity contribution in [3.05, 3.63) is 0 Å². The molecule has 0 spiro atoms. The summed E-state index contributed by atoms with van der Waals surface area (Å²) in [5.74, 6) is 0.254. The van der Waals surface area contributed by atoms with E-state index >= 15 is 0 Å². The Labute approximate surface area is 97.3 Å². The van der Waals surface area contributed by atoms with E-state index in [4.69, 9.17) is 4.74 Å². The first-order valence-electron chi connectivity index (χ1n) is 6.30. The zero-order valence-corrected chi connectivity index (χ0v) is 10.4. The van der Waals surface area contributed by atoms with Gasteiger partial charge in [0.05, 0.1) is 24.4 Å². The zero-order chi connectivity index (χ0) is 11.7. The molecular formula is C12H22N2O2. The monoisotopic (exact) mass is 226 g/mol. The number of hydrogen-bond acceptors (Lipinski definition) is 3. The van der Waals surface area contributed by atoms with Crippen LogP contribution in [0.15, 0.2) is 0 Å². The van der Waals surface area contributed by atoms with E-state index in [2.05, 4.69) is 12.2 Å². The first-order valence-corrected chi connectivity index (χ1v) is 6.30. The van der Waals surface area contributed by atoms with Gasteiger partial charge in [-0.3, -0.25) is 10.1 Å². The summed E-state index contributed by atoms with van der Waals surface area (Å²) >= 11 is 0. The van der Waals surface area contributed by atoms with Gasteiger partial charge in [0.1, 0.15) is 0 Å². The molecule has 2 fully saturated rings. The lowest BCUT2D eigenvalue weighted by atomic mass is 10.1. The number of nitrogens with zero attached hydrogens (tertiary/aromatic N) is 1. The molecule has 4 nitrogen and oxygen atoms in total. The summed E-state index contributed by atoms with van der Waals surface area (Å²) in [4.78, 5) is 14.2. The van der Waals surface area contributed by atoms with Crippen molar-refractivity contribution in [2.75, 3.05) is 7.11 Å². The molecule has 1 aliphatic carbocycles. The quantitative estimate of drug-likeness (QED) is 0.784. The summed E-state index contributed by atoms with van der Waals surface area (Å²) < 4.78 is 5.48. The molecule has 0 aromatic heterocycles. The molecule has 0 bridgehead atoms. The highest BCUT2D eigenvalue weighted by Crippen LogP contribution is 2.30. The summed E-state index contributed by atoms with van der Waals surface area (Å²) in [5, 5.41) is 3.35. The first-order chi connectivity index (χ1) is 7.69. The molecule has 2 aliphatic rings. The third-order valence-electron chi connectivity index (χ3n) is 3.90. The molecule has 1 saturated heterocycles. The van der Waals surface area contributed by atoms with Crippen LogP contribution in [0.5, 0.6) is 0 Å². The van der Waals surface area contributed by atoms with E-state index in [1.165, 1.54) is 0 Å². The second-order valence-corrected chi connectivity index (χ2v) is 4.82. The van der Waals surface area contributed by atoms with Crippen LogP contribution in [0.2, 0.25) is 0 Å². The molecule has 1 aliphatic heterocycles. The van der Waals surface area contributed by atoms with E-state index < -0.39 is 0 Å². The minimum absolute atomic E-state index is 0.00751. The average molecular weight is 226 g/mol. The summed E-state index contributed by atoms with van der Waals surface area (Å²) in [6.45, 7) is 4.12. The SMILES string of the molecule is CCC1NC(C)N(C2CCCC2OC)C1=O. The molecule has 1 N–H and O–H groups in total. The van der Waals surface area contributed by atoms with Gasteiger partial charge in [-0.15, -0.1) is 0 Å². The van der Waals surface area contributed by atoms with Gasteiger partial charge in [0, 0.05) is 7.11 Å². The summed E-state index contributed by atoms with van der Waals surface area (Å²) in [6.07, 6.45) is 4.56. The van der Waals surface area contributed by atoms with Crippen LogP contribution in [0, 0.1) is 0 Å². The minimum atomic E-state index is 0.00751. The minimum Gasteiger partial charge on any atom is -0.379 e. The Bertz CT molecular complexity index is 270. The van der Waals surface area contributed by atoms with E-state index in [0.717, 1.165) is 25.7 Å². The molecule has 1 amide bonds. The largest absolute Gasteiger partial charge is 0.379 e. The number of ether oxygens (including phenoxy) is 1. The third-order valence-corrected chi connectivity index (χ3v) is 3.90. The normalized spacial score (nSPS) is 39.7. The summed E-state index contributed by atoms with van der Waals surface area (Å²) in [5.41, 5.74) is 0. The molecule has 2 rings (SSSR count). The lowest BCUT2D eigenvalue weighted by Gasteiger charge is -2.31. The van der Waals surface area contributed by atoms with Crippen molar-refractivity contribution in [2.24, 2.45) is 0 Å². The Morgan fingerprint density at radius 3 is 2.81 bits per heavy atom. The molecule has 0 aromatic carbocycles. The molecule has 4 heteroatoms. The van der Waals surface area contributed by atoms with E-state index in [1.54, 1.807) is 7.11 Å². The molecule has 4 atom stereocenters. The lowest BCUT2D eigenvalue weighted by molar-refractivity contribution is -0.134. The van der Waals surface area contributed by atoms with Gasteiger partial charge >= 0.3 is 0 Å². The molecule has 4 unspecified atom stereocenters. The molecule has 0 aromatic rings. The number of carbonyl (C=O) groups excluding carboxylic acids is 1. The second-order valence-electron chi connectivity index (χ2n) is 4.82. The van der Waals surface area contributed by atoms with Crippen molar-refractivity contribution < 1.29 is 9.53 Å². The first kappa shape index (κ1) is 11.9. The van der Waals surface area contributed by atoms with Gasteiger partial charge in [-0.25, -0.2) is 0 Å². The van der Waals surface area contributed by atoms with Gasteiger partial charge in [-0.1, -0.05) is 6.92 Å². The van der Waals surface area contributed by atoms with Crippen LogP contribution in [0.4, 0.5) is 0 Å². The Kier molecular flexibility index (Phi) is 3.50. The molecular weight excluding hydrogens is 204 g/mol. The van der Waals surface area contributed by atoms with Crippen LogP contribution in [-0.2, 0) is 9.53 Å². The number of nitrogens with one attached hydrogen (secondary N) is 1. The number of hydrogen-bond donors (Lipinski definition) is 1. The Balaban J connectivity index is 2.11. The van der Waals surface area contributed by atoms with Crippen molar-refractivity contribution in [3.8, 4) is 0 Å². The fourth-order valence-electron chi connectivity index (χ4n) is 3.06. The van der Waals surface area contributed by atoms with Gasteiger partial charge in [0.2, 0.25) is 5.91 Å². The predicted molar refractivity (Wildman–Crippen MR) is 62.0 cm³/mol. The van der Waals surface area contributed by atoms with Gasteiger partial charge in [0.15, 0.2) is 0 Å². The molecule has 16 heavy (non-hydrogen) atoms. The van der Waals surface area contributed by atoms with Crippen molar-refractivity contribution in [1.29, 1.82) is 0 Å². The van der Waals surface area contributed by atoms with Gasteiger partial charge in [-0.2, -0.15) is 0 Å². The number of amides is 1. The average Bonchev–Trinajstić information content (AvgIpc) is 2.83. The van der Waals surface area contributed by atoms with Crippen LogP contribution in [0.3, 0.4) is 0 Å². The highest BCUT2D eigenvalue weighted by Gasteiger charge is 2.43. The number of rotatable bonds is 3. The van der Waals surface area contributed by atoms with Gasteiger partial charge in [-0.05, 0) is 32.6 Å². The van der Waals surface area contributed by atoms with Crippen molar-refractivity contribution >= 4 is 5.91 Å². The van der Waals surface area contributed by atoms with Crippen LogP contribution in [0.1, 0.15) is 39.5 Å². The highest BCUT2D eigenvalue weighted by molar-refractivity contribution is 5.84. The second kappa shape index (κ2) is 4.72. The lowest BCUT2D eigenvalue weighted by Crippen LogP contribution is -2.47. The Hall–Kier alpha value is -0.610. The van der Waals surface area contributed by atoms with Crippen LogP contribution >= 0.6 is 0 Å². The third kappa shape index (κ3) is 1.84. The van der Waals surface area contributed by atoms with Crippen molar-refractivity contribution in [1.82, 2.24) is 10.2 Å². The molecule has 0 radical (unpaired) electrons. The maximum atomic E-state index is 12.2. The maximum Gasteiger partial charge on any atom is 0.241 e. The van der Waals surface area contributed by atoms with Crippen LogP contribution < -0.4 is 5.32 Å². The fraction of sp³-hybridized carbons (Fsp3) is 0.917. The fourth-order valence-corrected chi connectivity index (χ4v) is 3.06. The van der Waals surface area contributed by atoms with Crippen molar-refractivity contribution in [3.63, 3.8) is 0 Å². The molecule has 92 valence electrons. The van der Waals surface area contributed by atoms with Crippen LogP contribution in [-0.4, -0.2) is 42.3 Å². The van der Waals surface area contributed by atoms with E-state index in [9.17, 15) is 4.79 Å². The smallest absolute Gasteiger partial charge is 0.241 e.